The summed E-state index contributed by atoms with van der Waals surface area (Å²) in [6.45, 7) is 2.14. The summed E-state index contributed by atoms with van der Waals surface area (Å²) < 4.78 is 27.1. The van der Waals surface area contributed by atoms with E-state index in [4.69, 9.17) is 50.5 Å². The van der Waals surface area contributed by atoms with Crippen molar-refractivity contribution in [1.29, 1.82) is 0 Å². The van der Waals surface area contributed by atoms with Crippen LogP contribution in [-0.4, -0.2) is 52.9 Å². The first-order valence-corrected chi connectivity index (χ1v) is 19.2. The van der Waals surface area contributed by atoms with Gasteiger partial charge in [0.25, 0.3) is 0 Å². The van der Waals surface area contributed by atoms with Gasteiger partial charge in [0.2, 0.25) is 0 Å². The molecule has 2 unspecified atom stereocenters. The molecular formula is C48H50N2O12. The van der Waals surface area contributed by atoms with Crippen LogP contribution in [0, 0.1) is 0 Å². The Morgan fingerprint density at radius 3 is 1.18 bits per heavy atom. The molecule has 0 bridgehead atoms. The molecule has 6 aromatic carbocycles. The maximum absolute atomic E-state index is 11.5. The number of aliphatic carboxylic acids is 3. The molecule has 14 heteroatoms. The fourth-order valence-corrected chi connectivity index (χ4v) is 5.11. The number of carboxylic acid groups (broad SMARTS) is 3. The molecule has 62 heavy (non-hydrogen) atoms. The lowest BCUT2D eigenvalue weighted by atomic mass is 10.0. The van der Waals surface area contributed by atoms with Gasteiger partial charge >= 0.3 is 23.9 Å². The zero-order valence-corrected chi connectivity index (χ0v) is 34.2. The van der Waals surface area contributed by atoms with Gasteiger partial charge in [0, 0.05) is 18.2 Å². The van der Waals surface area contributed by atoms with Gasteiger partial charge in [-0.05, 0) is 90.8 Å². The third-order valence-electron chi connectivity index (χ3n) is 7.94. The van der Waals surface area contributed by atoms with E-state index < -0.39 is 36.4 Å². The largest absolute Gasteiger partial charge is 0.497 e. The van der Waals surface area contributed by atoms with Crippen LogP contribution in [0.4, 0.5) is 0 Å². The number of carboxylic acids is 3. The summed E-state index contributed by atoms with van der Waals surface area (Å²) in [4.78, 5) is 41.0. The Labute approximate surface area is 359 Å². The van der Waals surface area contributed by atoms with Crippen LogP contribution in [0.15, 0.2) is 164 Å². The number of benzene rings is 6. The molecule has 6 rings (SSSR count). The molecule has 324 valence electrons. The van der Waals surface area contributed by atoms with E-state index in [0.29, 0.717) is 18.1 Å². The normalized spacial score (nSPS) is 10.8. The Kier molecular flexibility index (Phi) is 21.3. The summed E-state index contributed by atoms with van der Waals surface area (Å²) in [5.74, 6) is 1.39. The van der Waals surface area contributed by atoms with E-state index in [1.807, 2.05) is 146 Å². The first-order chi connectivity index (χ1) is 29.8. The van der Waals surface area contributed by atoms with Crippen molar-refractivity contribution in [1.82, 2.24) is 0 Å². The third kappa shape index (κ3) is 19.8. The molecule has 7 N–H and O–H groups in total. The monoisotopic (exact) mass is 846 g/mol. The zero-order valence-electron chi connectivity index (χ0n) is 34.2. The fourth-order valence-electron chi connectivity index (χ4n) is 5.11. The summed E-state index contributed by atoms with van der Waals surface area (Å²) in [5, 5.41) is 24.1. The van der Waals surface area contributed by atoms with E-state index in [1.54, 1.807) is 32.2 Å². The highest BCUT2D eigenvalue weighted by Crippen LogP contribution is 2.27. The Bertz CT molecular complexity index is 2250. The number of nitrogens with two attached hydrogens (primary N) is 2. The Morgan fingerprint density at radius 2 is 0.823 bits per heavy atom. The van der Waals surface area contributed by atoms with Gasteiger partial charge in [0.15, 0.2) is 0 Å². The van der Waals surface area contributed by atoms with Gasteiger partial charge in [-0.15, -0.1) is 0 Å². The highest BCUT2D eigenvalue weighted by Gasteiger charge is 2.14. The van der Waals surface area contributed by atoms with Crippen molar-refractivity contribution in [2.45, 2.75) is 38.3 Å². The van der Waals surface area contributed by atoms with Gasteiger partial charge in [-0.2, -0.15) is 0 Å². The summed E-state index contributed by atoms with van der Waals surface area (Å²) in [6, 6.07) is 49.8. The van der Waals surface area contributed by atoms with Crippen LogP contribution in [0.5, 0.6) is 40.2 Å². The minimum Gasteiger partial charge on any atom is -0.497 e. The highest BCUT2D eigenvalue weighted by atomic mass is 16.5. The number of methoxy groups -OCH3 is 1. The fraction of sp³-hybridized carbons (Fsp3) is 0.167. The van der Waals surface area contributed by atoms with Crippen molar-refractivity contribution in [2.24, 2.45) is 11.5 Å². The number of carbonyl (C=O) groups is 4. The molecule has 0 heterocycles. The van der Waals surface area contributed by atoms with Crippen molar-refractivity contribution >= 4 is 23.9 Å². The number of ether oxygens (including phenoxy) is 5. The predicted molar refractivity (Wildman–Crippen MR) is 233 cm³/mol. The molecule has 0 fully saturated rings. The van der Waals surface area contributed by atoms with Gasteiger partial charge in [-0.1, -0.05) is 84.9 Å². The van der Waals surface area contributed by atoms with Gasteiger partial charge in [0.1, 0.15) is 46.7 Å². The minimum atomic E-state index is -1.31. The van der Waals surface area contributed by atoms with Crippen LogP contribution >= 0.6 is 0 Å². The van der Waals surface area contributed by atoms with Gasteiger partial charge < -0.3 is 50.5 Å². The number of hydrogen-bond acceptors (Lipinski definition) is 11. The number of rotatable bonds is 16. The lowest BCUT2D eigenvalue weighted by Gasteiger charge is -2.13. The van der Waals surface area contributed by atoms with Crippen LogP contribution in [0.2, 0.25) is 0 Å². The average molecular weight is 847 g/mol. The molecule has 0 spiro atoms. The van der Waals surface area contributed by atoms with Crippen molar-refractivity contribution in [3.63, 3.8) is 0 Å². The van der Waals surface area contributed by atoms with Gasteiger partial charge in [0.05, 0.1) is 26.6 Å². The molecule has 0 radical (unpaired) electrons. The van der Waals surface area contributed by atoms with Crippen LogP contribution in [0.3, 0.4) is 0 Å². The van der Waals surface area contributed by atoms with E-state index in [9.17, 15) is 19.2 Å². The van der Waals surface area contributed by atoms with Crippen molar-refractivity contribution in [2.75, 3.05) is 13.7 Å². The summed E-state index contributed by atoms with van der Waals surface area (Å²) in [6.07, 6.45) is -0.753. The molecule has 14 nitrogen and oxygen atoms in total. The second-order valence-electron chi connectivity index (χ2n) is 12.9. The number of para-hydroxylation sites is 3. The Hall–Kier alpha value is -7.68. The lowest BCUT2D eigenvalue weighted by molar-refractivity contribution is -0.147. The molecule has 6 aromatic rings. The summed E-state index contributed by atoms with van der Waals surface area (Å²) in [7, 11) is 1.64. The number of hydrogen-bond donors (Lipinski definition) is 5. The maximum Gasteiger partial charge on any atom is 0.314 e. The molecule has 0 amide bonds. The molecule has 0 aromatic heterocycles. The van der Waals surface area contributed by atoms with Crippen molar-refractivity contribution < 1.29 is 58.2 Å². The van der Waals surface area contributed by atoms with E-state index >= 15 is 0 Å². The van der Waals surface area contributed by atoms with E-state index in [1.165, 1.54) is 0 Å². The van der Waals surface area contributed by atoms with Gasteiger partial charge in [-0.25, -0.2) is 0 Å². The predicted octanol–water partition coefficient (Wildman–Crippen LogP) is 9.42. The molecule has 0 saturated heterocycles. The minimum absolute atomic E-state index is 0.102. The van der Waals surface area contributed by atoms with Crippen LogP contribution < -0.4 is 30.4 Å². The maximum atomic E-state index is 11.5. The SMILES string of the molecule is CCOC(=O)CC(N)c1cccc(Oc2ccccc2)c1.COc1cccc(Oc2ccccc2)c1.NC(CC(=O)O)c1cccc(Oc2ccccc2)c1.O=C(O)CC(=O)O. The molecule has 0 aliphatic carbocycles. The lowest BCUT2D eigenvalue weighted by Crippen LogP contribution is -2.17. The number of carbonyl (C=O) groups excluding carboxylic acids is 1. The first-order valence-electron chi connectivity index (χ1n) is 19.2. The van der Waals surface area contributed by atoms with Crippen molar-refractivity contribution in [3.05, 3.63) is 175 Å². The summed E-state index contributed by atoms with van der Waals surface area (Å²) in [5.41, 5.74) is 13.4. The van der Waals surface area contributed by atoms with Crippen LogP contribution in [0.25, 0.3) is 0 Å². The molecule has 0 aliphatic heterocycles. The average Bonchev–Trinajstić information content (AvgIpc) is 3.25. The molecule has 2 atom stereocenters. The topological polar surface area (TPSA) is 227 Å². The highest BCUT2D eigenvalue weighted by molar-refractivity contribution is 5.88. The first kappa shape index (κ1) is 48.7. The second kappa shape index (κ2) is 27.2. The van der Waals surface area contributed by atoms with E-state index in [0.717, 1.165) is 39.9 Å². The Balaban J connectivity index is 0.000000232. The van der Waals surface area contributed by atoms with Crippen molar-refractivity contribution in [3.8, 4) is 40.2 Å². The molecule has 0 saturated carbocycles. The van der Waals surface area contributed by atoms with Crippen LogP contribution in [0.1, 0.15) is 49.4 Å². The zero-order chi connectivity index (χ0) is 45.1. The second-order valence-corrected chi connectivity index (χ2v) is 12.9. The molecular weight excluding hydrogens is 797 g/mol. The van der Waals surface area contributed by atoms with E-state index in [2.05, 4.69) is 0 Å². The van der Waals surface area contributed by atoms with E-state index in [-0.39, 0.29) is 18.8 Å². The standard InChI is InChI=1S/C17H19NO3.C15H15NO3.C13H12O2.C3H4O4/c1-2-20-17(19)12-16(18)13-7-6-10-15(11-13)21-14-8-4-3-5-9-14;16-14(10-15(17)18)11-5-4-8-13(9-11)19-12-6-2-1-3-7-12;1-14-12-8-5-9-13(10-12)15-11-6-3-2-4-7-11;4-2(5)1-3(6)7/h3-11,16H,2,12,18H2,1H3;1-9,14H,10,16H2,(H,17,18);2-10H,1H3;1H2,(H,4,5)(H,6,7). The Morgan fingerprint density at radius 1 is 0.468 bits per heavy atom. The third-order valence-corrected chi connectivity index (χ3v) is 7.94. The summed E-state index contributed by atoms with van der Waals surface area (Å²) >= 11 is 0. The quantitative estimate of drug-likeness (QED) is 0.0452. The van der Waals surface area contributed by atoms with Gasteiger partial charge in [-0.3, -0.25) is 19.2 Å². The number of esters is 1. The smallest absolute Gasteiger partial charge is 0.314 e. The molecule has 0 aliphatic rings. The van der Waals surface area contributed by atoms with Crippen LogP contribution in [-0.2, 0) is 23.9 Å².